The van der Waals surface area contributed by atoms with E-state index in [1.54, 1.807) is 6.33 Å². The molecule has 204 valence electrons. The van der Waals surface area contributed by atoms with Crippen molar-refractivity contribution in [2.45, 2.75) is 103 Å². The fourth-order valence-corrected chi connectivity index (χ4v) is 6.28. The van der Waals surface area contributed by atoms with Gasteiger partial charge < -0.3 is 15.1 Å². The lowest BCUT2D eigenvalue weighted by atomic mass is 9.63. The van der Waals surface area contributed by atoms with Gasteiger partial charge in [-0.05, 0) is 78.4 Å². The highest BCUT2D eigenvalue weighted by atomic mass is 16.3. The Bertz CT molecular complexity index is 1010. The van der Waals surface area contributed by atoms with Gasteiger partial charge in [0.25, 0.3) is 0 Å². The number of fused-ring (bicyclic) bond motifs is 1. The number of nitrogens with zero attached hydrogens (tertiary/aromatic N) is 4. The summed E-state index contributed by atoms with van der Waals surface area (Å²) in [7, 11) is 0. The van der Waals surface area contributed by atoms with E-state index < -0.39 is 0 Å². The number of rotatable bonds is 11. The Morgan fingerprint density at radius 2 is 1.65 bits per heavy atom. The summed E-state index contributed by atoms with van der Waals surface area (Å²) in [4.78, 5) is 16.3. The second-order valence-electron chi connectivity index (χ2n) is 12.8. The quantitative estimate of drug-likeness (QED) is 0.360. The van der Waals surface area contributed by atoms with Crippen LogP contribution in [0.25, 0.3) is 11.4 Å². The van der Waals surface area contributed by atoms with Crippen LogP contribution in [0.1, 0.15) is 103 Å². The molecule has 1 aliphatic heterocycles. The zero-order chi connectivity index (χ0) is 26.5. The Balaban J connectivity index is 1.32. The highest BCUT2D eigenvalue weighted by Crippen LogP contribution is 2.46. The Morgan fingerprint density at radius 3 is 2.35 bits per heavy atom. The molecule has 1 aromatic carbocycles. The average molecular weight is 509 g/mol. The lowest BCUT2D eigenvalue weighted by Crippen LogP contribution is -2.35. The molecule has 2 aliphatic rings. The number of aliphatic hydroxyl groups is 2. The molecule has 2 heterocycles. The summed E-state index contributed by atoms with van der Waals surface area (Å²) in [6.45, 7) is 11.8. The highest BCUT2D eigenvalue weighted by Gasteiger charge is 2.37. The van der Waals surface area contributed by atoms with Gasteiger partial charge in [-0.15, -0.1) is 0 Å². The summed E-state index contributed by atoms with van der Waals surface area (Å²) in [6.07, 6.45) is 13.1. The number of aromatic nitrogens is 3. The molecule has 0 saturated carbocycles. The zero-order valence-electron chi connectivity index (χ0n) is 23.5. The van der Waals surface area contributed by atoms with Gasteiger partial charge in [-0.25, -0.2) is 9.97 Å². The Hall–Kier alpha value is -2.05. The summed E-state index contributed by atoms with van der Waals surface area (Å²) in [6, 6.07) is 6.82. The molecule has 1 fully saturated rings. The van der Waals surface area contributed by atoms with Crippen LogP contribution in [-0.4, -0.2) is 51.5 Å². The third kappa shape index (κ3) is 6.88. The summed E-state index contributed by atoms with van der Waals surface area (Å²) >= 11 is 0. The van der Waals surface area contributed by atoms with Crippen LogP contribution in [0.15, 0.2) is 24.5 Å². The van der Waals surface area contributed by atoms with Crippen molar-refractivity contribution in [1.82, 2.24) is 15.0 Å². The van der Waals surface area contributed by atoms with Crippen LogP contribution in [0, 0.1) is 11.8 Å². The van der Waals surface area contributed by atoms with Crippen LogP contribution in [-0.2, 0) is 10.8 Å². The molecule has 6 heteroatoms. The normalized spacial score (nSPS) is 20.0. The van der Waals surface area contributed by atoms with E-state index in [4.69, 9.17) is 10.1 Å². The molecule has 0 spiro atoms. The second-order valence-corrected chi connectivity index (χ2v) is 12.8. The molecule has 1 atom stereocenters. The zero-order valence-corrected chi connectivity index (χ0v) is 23.5. The first-order valence-electron chi connectivity index (χ1n) is 14.5. The van der Waals surface area contributed by atoms with Crippen LogP contribution in [0.4, 0.5) is 5.95 Å². The molecule has 1 unspecified atom stereocenters. The minimum atomic E-state index is 0.165. The molecule has 1 aromatic heterocycles. The largest absolute Gasteiger partial charge is 0.396 e. The first kappa shape index (κ1) is 28.0. The van der Waals surface area contributed by atoms with Crippen molar-refractivity contribution in [2.75, 3.05) is 31.2 Å². The summed E-state index contributed by atoms with van der Waals surface area (Å²) in [5, 5.41) is 18.4. The number of hydrogen-bond donors (Lipinski definition) is 2. The SMILES string of the molecule is CC1(C)CCC(C)(C)c2cc(-c3ncnc(N4CCC(CCCCCC(CO)CCO)CC4)n3)ccc21. The van der Waals surface area contributed by atoms with Crippen molar-refractivity contribution in [3.05, 3.63) is 35.7 Å². The number of anilines is 1. The monoisotopic (exact) mass is 508 g/mol. The number of unbranched alkanes of at least 4 members (excludes halogenated alkanes) is 2. The minimum Gasteiger partial charge on any atom is -0.396 e. The van der Waals surface area contributed by atoms with Crippen molar-refractivity contribution in [3.63, 3.8) is 0 Å². The van der Waals surface area contributed by atoms with E-state index in [1.165, 1.54) is 56.1 Å². The molecular formula is C31H48N4O2. The van der Waals surface area contributed by atoms with Gasteiger partial charge in [-0.2, -0.15) is 4.98 Å². The predicted molar refractivity (Wildman–Crippen MR) is 151 cm³/mol. The lowest BCUT2D eigenvalue weighted by Gasteiger charge is -2.42. The van der Waals surface area contributed by atoms with E-state index in [0.29, 0.717) is 0 Å². The second kappa shape index (κ2) is 12.2. The van der Waals surface area contributed by atoms with Gasteiger partial charge in [0.1, 0.15) is 6.33 Å². The fraction of sp³-hybridized carbons (Fsp3) is 0.710. The molecular weight excluding hydrogens is 460 g/mol. The van der Waals surface area contributed by atoms with E-state index in [0.717, 1.165) is 55.6 Å². The molecule has 1 aliphatic carbocycles. The average Bonchev–Trinajstić information content (AvgIpc) is 2.91. The van der Waals surface area contributed by atoms with Crippen LogP contribution < -0.4 is 4.90 Å². The maximum Gasteiger partial charge on any atom is 0.228 e. The molecule has 2 aromatic rings. The van der Waals surface area contributed by atoms with Crippen molar-refractivity contribution in [3.8, 4) is 11.4 Å². The van der Waals surface area contributed by atoms with Gasteiger partial charge in [0, 0.05) is 31.9 Å². The van der Waals surface area contributed by atoms with E-state index in [9.17, 15) is 5.11 Å². The Kier molecular flexibility index (Phi) is 9.23. The molecule has 0 amide bonds. The van der Waals surface area contributed by atoms with E-state index in [2.05, 4.69) is 60.8 Å². The molecule has 6 nitrogen and oxygen atoms in total. The number of hydrogen-bond acceptors (Lipinski definition) is 6. The van der Waals surface area contributed by atoms with Crippen LogP contribution in [0.5, 0.6) is 0 Å². The molecule has 0 radical (unpaired) electrons. The molecule has 1 saturated heterocycles. The molecule has 37 heavy (non-hydrogen) atoms. The third-order valence-corrected chi connectivity index (χ3v) is 9.09. The van der Waals surface area contributed by atoms with Gasteiger partial charge in [0.15, 0.2) is 5.82 Å². The number of benzene rings is 1. The van der Waals surface area contributed by atoms with Crippen molar-refractivity contribution in [2.24, 2.45) is 11.8 Å². The fourth-order valence-electron chi connectivity index (χ4n) is 6.28. The summed E-state index contributed by atoms with van der Waals surface area (Å²) < 4.78 is 0. The maximum absolute atomic E-state index is 9.37. The smallest absolute Gasteiger partial charge is 0.228 e. The standard InChI is InChI=1S/C31H48N4O2/c1-30(2)15-16-31(3,4)27-20-25(10-11-26(27)30)28-32-22-33-29(34-28)35-17-12-23(13-18-35)8-6-5-7-9-24(21-37)14-19-36/h10-11,20,22-24,36-37H,5-9,12-19,21H2,1-4H3. The van der Waals surface area contributed by atoms with Crippen molar-refractivity contribution >= 4 is 5.95 Å². The maximum atomic E-state index is 9.37. The first-order chi connectivity index (χ1) is 17.7. The number of aliphatic hydroxyl groups excluding tert-OH is 2. The molecule has 4 rings (SSSR count). The van der Waals surface area contributed by atoms with Crippen LogP contribution in [0.2, 0.25) is 0 Å². The topological polar surface area (TPSA) is 82.4 Å². The van der Waals surface area contributed by atoms with Gasteiger partial charge >= 0.3 is 0 Å². The molecule has 0 bridgehead atoms. The predicted octanol–water partition coefficient (Wildman–Crippen LogP) is 6.05. The third-order valence-electron chi connectivity index (χ3n) is 9.09. The van der Waals surface area contributed by atoms with Crippen LogP contribution >= 0.6 is 0 Å². The summed E-state index contributed by atoms with van der Waals surface area (Å²) in [5.41, 5.74) is 4.36. The van der Waals surface area contributed by atoms with Gasteiger partial charge in [0.2, 0.25) is 5.95 Å². The van der Waals surface area contributed by atoms with Gasteiger partial charge in [-0.3, -0.25) is 0 Å². The van der Waals surface area contributed by atoms with Gasteiger partial charge in [0.05, 0.1) is 0 Å². The Morgan fingerprint density at radius 1 is 0.919 bits per heavy atom. The van der Waals surface area contributed by atoms with E-state index >= 15 is 0 Å². The summed E-state index contributed by atoms with van der Waals surface area (Å²) in [5.74, 6) is 2.61. The minimum absolute atomic E-state index is 0.165. The lowest BCUT2D eigenvalue weighted by molar-refractivity contribution is 0.174. The number of piperidine rings is 1. The van der Waals surface area contributed by atoms with Crippen LogP contribution in [0.3, 0.4) is 0 Å². The Labute approximate surface area is 224 Å². The first-order valence-corrected chi connectivity index (χ1v) is 14.5. The molecule has 2 N–H and O–H groups in total. The highest BCUT2D eigenvalue weighted by molar-refractivity contribution is 5.61. The van der Waals surface area contributed by atoms with Crippen molar-refractivity contribution < 1.29 is 10.2 Å². The van der Waals surface area contributed by atoms with Gasteiger partial charge in [-0.1, -0.05) is 65.5 Å². The van der Waals surface area contributed by atoms with E-state index in [-0.39, 0.29) is 30.0 Å². The van der Waals surface area contributed by atoms with E-state index in [1.807, 2.05) is 0 Å². The van der Waals surface area contributed by atoms with Crippen molar-refractivity contribution in [1.29, 1.82) is 0 Å².